The Morgan fingerprint density at radius 1 is 0.897 bits per heavy atom. The summed E-state index contributed by atoms with van der Waals surface area (Å²) in [6.07, 6.45) is 1.77. The summed E-state index contributed by atoms with van der Waals surface area (Å²) in [5.74, 6) is 0.637. The van der Waals surface area contributed by atoms with Crippen molar-refractivity contribution < 1.29 is 8.42 Å². The van der Waals surface area contributed by atoms with Crippen LogP contribution in [0.15, 0.2) is 71.8 Å². The molecular weight excluding hydrogens is 384 g/mol. The molecular formula is C22H22N4O2S. The fraction of sp³-hybridized carbons (Fsp3) is 0.182. The molecule has 0 atom stereocenters. The van der Waals surface area contributed by atoms with Gasteiger partial charge in [-0.25, -0.2) is 8.42 Å². The van der Waals surface area contributed by atoms with Gasteiger partial charge >= 0.3 is 0 Å². The van der Waals surface area contributed by atoms with Crippen molar-refractivity contribution in [2.45, 2.75) is 32.2 Å². The summed E-state index contributed by atoms with van der Waals surface area (Å²) in [4.78, 5) is 0.135. The zero-order valence-electron chi connectivity index (χ0n) is 16.6. The van der Waals surface area contributed by atoms with E-state index in [1.54, 1.807) is 29.7 Å². The van der Waals surface area contributed by atoms with E-state index in [0.29, 0.717) is 17.2 Å². The van der Waals surface area contributed by atoms with E-state index in [1.807, 2.05) is 62.4 Å². The Morgan fingerprint density at radius 2 is 1.59 bits per heavy atom. The molecule has 2 aromatic carbocycles. The Labute approximate surface area is 170 Å². The minimum Gasteiger partial charge on any atom is -0.286 e. The van der Waals surface area contributed by atoms with E-state index >= 15 is 0 Å². The minimum absolute atomic E-state index is 0.135. The van der Waals surface area contributed by atoms with Crippen LogP contribution in [0.2, 0.25) is 0 Å². The summed E-state index contributed by atoms with van der Waals surface area (Å²) in [6, 6.07) is 18.7. The average Bonchev–Trinajstić information content (AvgIpc) is 3.07. The first-order valence-corrected chi connectivity index (χ1v) is 10.8. The van der Waals surface area contributed by atoms with Crippen LogP contribution in [0.3, 0.4) is 0 Å². The van der Waals surface area contributed by atoms with E-state index in [0.717, 1.165) is 16.7 Å². The van der Waals surface area contributed by atoms with E-state index < -0.39 is 10.0 Å². The Morgan fingerprint density at radius 3 is 2.28 bits per heavy atom. The molecule has 4 aromatic rings. The standard InChI is InChI=1S/C22H22N4O2S/c1-16-12-17(2)14-20(13-16)26(15-19-8-5-4-6-9-19)29(27,28)21-10-7-11-25-18(3)23-24-22(21)25/h4-14H,15H2,1-3H3. The van der Waals surface area contributed by atoms with Crippen LogP contribution in [0.4, 0.5) is 5.69 Å². The molecule has 4 rings (SSSR count). The van der Waals surface area contributed by atoms with Gasteiger partial charge in [-0.05, 0) is 61.7 Å². The van der Waals surface area contributed by atoms with E-state index in [-0.39, 0.29) is 11.4 Å². The highest BCUT2D eigenvalue weighted by atomic mass is 32.2. The number of benzene rings is 2. The number of hydrogen-bond acceptors (Lipinski definition) is 4. The number of aryl methyl sites for hydroxylation is 3. The minimum atomic E-state index is -3.89. The fourth-order valence-corrected chi connectivity index (χ4v) is 5.05. The summed E-state index contributed by atoms with van der Waals surface area (Å²) in [5.41, 5.74) is 3.87. The van der Waals surface area contributed by atoms with Crippen LogP contribution in [0, 0.1) is 20.8 Å². The first kappa shape index (κ1) is 19.1. The lowest BCUT2D eigenvalue weighted by Crippen LogP contribution is -2.31. The van der Waals surface area contributed by atoms with E-state index in [4.69, 9.17) is 0 Å². The topological polar surface area (TPSA) is 67.6 Å². The molecule has 2 heterocycles. The zero-order valence-corrected chi connectivity index (χ0v) is 17.4. The van der Waals surface area contributed by atoms with Crippen molar-refractivity contribution in [2.24, 2.45) is 0 Å². The summed E-state index contributed by atoms with van der Waals surface area (Å²) in [7, 11) is -3.89. The molecule has 0 unspecified atom stereocenters. The van der Waals surface area contributed by atoms with Crippen LogP contribution in [0.5, 0.6) is 0 Å². The largest absolute Gasteiger partial charge is 0.286 e. The van der Waals surface area contributed by atoms with Gasteiger partial charge < -0.3 is 0 Å². The third-order valence-electron chi connectivity index (χ3n) is 4.80. The molecule has 0 aliphatic heterocycles. The van der Waals surface area contributed by atoms with Crippen molar-refractivity contribution in [3.63, 3.8) is 0 Å². The lowest BCUT2D eigenvalue weighted by Gasteiger charge is -2.25. The van der Waals surface area contributed by atoms with Crippen molar-refractivity contribution in [1.82, 2.24) is 14.6 Å². The predicted octanol–water partition coefficient (Wildman–Crippen LogP) is 4.05. The second-order valence-corrected chi connectivity index (χ2v) is 8.99. The highest BCUT2D eigenvalue weighted by Gasteiger charge is 2.29. The predicted molar refractivity (Wildman–Crippen MR) is 113 cm³/mol. The van der Waals surface area contributed by atoms with Crippen molar-refractivity contribution in [2.75, 3.05) is 4.31 Å². The molecule has 0 aliphatic carbocycles. The average molecular weight is 407 g/mol. The Balaban J connectivity index is 1.91. The highest BCUT2D eigenvalue weighted by Crippen LogP contribution is 2.29. The molecule has 6 nitrogen and oxygen atoms in total. The van der Waals surface area contributed by atoms with Gasteiger partial charge in [-0.15, -0.1) is 10.2 Å². The number of anilines is 1. The smallest absolute Gasteiger partial charge is 0.268 e. The second-order valence-electron chi connectivity index (χ2n) is 7.16. The fourth-order valence-electron chi connectivity index (χ4n) is 3.49. The van der Waals surface area contributed by atoms with Gasteiger partial charge in [0.25, 0.3) is 10.0 Å². The van der Waals surface area contributed by atoms with Gasteiger partial charge in [-0.1, -0.05) is 36.4 Å². The van der Waals surface area contributed by atoms with Gasteiger partial charge in [0.15, 0.2) is 5.65 Å². The lowest BCUT2D eigenvalue weighted by molar-refractivity contribution is 0.590. The Kier molecular flexibility index (Phi) is 4.84. The van der Waals surface area contributed by atoms with Crippen LogP contribution >= 0.6 is 0 Å². The number of nitrogens with zero attached hydrogens (tertiary/aromatic N) is 4. The number of fused-ring (bicyclic) bond motifs is 1. The van der Waals surface area contributed by atoms with Crippen LogP contribution < -0.4 is 4.31 Å². The number of rotatable bonds is 5. The molecule has 0 saturated heterocycles. The van der Waals surface area contributed by atoms with Gasteiger partial charge in [0, 0.05) is 6.20 Å². The van der Waals surface area contributed by atoms with Crippen molar-refractivity contribution in [3.8, 4) is 0 Å². The molecule has 2 aromatic heterocycles. The summed E-state index contributed by atoms with van der Waals surface area (Å²) >= 11 is 0. The molecule has 29 heavy (non-hydrogen) atoms. The van der Waals surface area contributed by atoms with E-state index in [9.17, 15) is 8.42 Å². The molecule has 0 bridgehead atoms. The number of aromatic nitrogens is 3. The third-order valence-corrected chi connectivity index (χ3v) is 6.60. The van der Waals surface area contributed by atoms with Crippen LogP contribution in [0.1, 0.15) is 22.5 Å². The quantitative estimate of drug-likeness (QED) is 0.501. The first-order chi connectivity index (χ1) is 13.9. The normalized spacial score (nSPS) is 11.7. The molecule has 0 fully saturated rings. The SMILES string of the molecule is Cc1cc(C)cc(N(Cc2ccccc2)S(=O)(=O)c2cccn3c(C)nnc23)c1. The van der Waals surface area contributed by atoms with Gasteiger partial charge in [0.1, 0.15) is 10.7 Å². The van der Waals surface area contributed by atoms with Gasteiger partial charge in [0.2, 0.25) is 0 Å². The maximum absolute atomic E-state index is 13.8. The molecule has 0 aliphatic rings. The summed E-state index contributed by atoms with van der Waals surface area (Å²) in [5, 5.41) is 8.15. The zero-order chi connectivity index (χ0) is 20.6. The summed E-state index contributed by atoms with van der Waals surface area (Å²) < 4.78 is 30.8. The maximum atomic E-state index is 13.8. The van der Waals surface area contributed by atoms with E-state index in [2.05, 4.69) is 10.2 Å². The summed E-state index contributed by atoms with van der Waals surface area (Å²) in [6.45, 7) is 5.95. The molecule has 0 radical (unpaired) electrons. The lowest BCUT2D eigenvalue weighted by atomic mass is 10.1. The van der Waals surface area contributed by atoms with Gasteiger partial charge in [-0.3, -0.25) is 8.71 Å². The maximum Gasteiger partial charge on any atom is 0.268 e. The Bertz CT molecular complexity index is 1260. The molecule has 0 N–H and O–H groups in total. The molecule has 7 heteroatoms. The molecule has 148 valence electrons. The van der Waals surface area contributed by atoms with Crippen molar-refractivity contribution >= 4 is 21.4 Å². The molecule has 0 saturated carbocycles. The van der Waals surface area contributed by atoms with Crippen molar-refractivity contribution in [3.05, 3.63) is 89.4 Å². The van der Waals surface area contributed by atoms with Crippen LogP contribution in [-0.4, -0.2) is 23.0 Å². The number of pyridine rings is 1. The third kappa shape index (κ3) is 3.61. The van der Waals surface area contributed by atoms with Crippen molar-refractivity contribution in [1.29, 1.82) is 0 Å². The second kappa shape index (κ2) is 7.33. The molecule has 0 amide bonds. The van der Waals surface area contributed by atoms with E-state index in [1.165, 1.54) is 4.31 Å². The van der Waals surface area contributed by atoms with Crippen LogP contribution in [0.25, 0.3) is 5.65 Å². The van der Waals surface area contributed by atoms with Gasteiger partial charge in [0.05, 0.1) is 12.2 Å². The first-order valence-electron chi connectivity index (χ1n) is 9.31. The Hall–Kier alpha value is -3.19. The van der Waals surface area contributed by atoms with Crippen LogP contribution in [-0.2, 0) is 16.6 Å². The monoisotopic (exact) mass is 406 g/mol. The highest BCUT2D eigenvalue weighted by molar-refractivity contribution is 7.93. The number of sulfonamides is 1. The van der Waals surface area contributed by atoms with Gasteiger partial charge in [-0.2, -0.15) is 0 Å². The number of hydrogen-bond donors (Lipinski definition) is 0. The molecule has 0 spiro atoms.